The molecule has 0 aromatic heterocycles. The Morgan fingerprint density at radius 3 is 2.50 bits per heavy atom. The summed E-state index contributed by atoms with van der Waals surface area (Å²) in [5.41, 5.74) is 1.07. The minimum absolute atomic E-state index is 0.146. The van der Waals surface area contributed by atoms with Crippen molar-refractivity contribution in [3.05, 3.63) is 0 Å². The van der Waals surface area contributed by atoms with Gasteiger partial charge in [0.25, 0.3) is 0 Å². The van der Waals surface area contributed by atoms with Crippen LogP contribution in [0.1, 0.15) is 105 Å². The minimum Gasteiger partial charge on any atom is -0.299 e. The fraction of sp³-hybridized carbons (Fsp3) is 0.963. The predicted octanol–water partition coefficient (Wildman–Crippen LogP) is 7.29. The average Bonchev–Trinajstić information content (AvgIpc) is 3.21. The molecule has 0 aromatic carbocycles. The Labute approximate surface area is 173 Å². The van der Waals surface area contributed by atoms with Gasteiger partial charge in [-0.1, -0.05) is 53.9 Å². The van der Waals surface area contributed by atoms with Crippen molar-refractivity contribution in [2.24, 2.45) is 57.7 Å². The predicted molar refractivity (Wildman–Crippen MR) is 116 cm³/mol. The Kier molecular flexibility index (Phi) is 4.44. The van der Waals surface area contributed by atoms with Gasteiger partial charge in [0.2, 0.25) is 0 Å². The van der Waals surface area contributed by atoms with Gasteiger partial charge in [0.1, 0.15) is 5.78 Å². The summed E-state index contributed by atoms with van der Waals surface area (Å²) >= 11 is 0. The van der Waals surface area contributed by atoms with Crippen LogP contribution in [0.15, 0.2) is 0 Å². The second kappa shape index (κ2) is 6.34. The van der Waals surface area contributed by atoms with Gasteiger partial charge in [0.15, 0.2) is 0 Å². The molecule has 0 saturated heterocycles. The lowest BCUT2D eigenvalue weighted by Gasteiger charge is -2.53. The van der Waals surface area contributed by atoms with Crippen LogP contribution in [0.25, 0.3) is 0 Å². The van der Waals surface area contributed by atoms with Crippen LogP contribution in [-0.4, -0.2) is 5.78 Å². The molecule has 0 bridgehead atoms. The number of hydrogen-bond acceptors (Lipinski definition) is 1. The van der Waals surface area contributed by atoms with Gasteiger partial charge < -0.3 is 0 Å². The number of ketones is 1. The van der Waals surface area contributed by atoms with Crippen LogP contribution in [0.4, 0.5) is 0 Å². The summed E-state index contributed by atoms with van der Waals surface area (Å²) < 4.78 is 0. The van der Waals surface area contributed by atoms with Gasteiger partial charge in [-0.05, 0) is 97.2 Å². The normalized spacial score (nSPS) is 52.8. The molecule has 0 N–H and O–H groups in total. The molecule has 0 heterocycles. The van der Waals surface area contributed by atoms with Crippen LogP contribution >= 0.6 is 0 Å². The van der Waals surface area contributed by atoms with Crippen molar-refractivity contribution in [3.8, 4) is 0 Å². The van der Waals surface area contributed by atoms with Crippen molar-refractivity contribution in [2.45, 2.75) is 105 Å². The van der Waals surface area contributed by atoms with Crippen LogP contribution < -0.4 is 0 Å². The lowest BCUT2D eigenvalue weighted by Crippen LogP contribution is -2.47. The number of hydrogen-bond donors (Lipinski definition) is 0. The topological polar surface area (TPSA) is 17.1 Å². The summed E-state index contributed by atoms with van der Waals surface area (Å²) in [5.74, 6) is 6.80. The molecular weight excluding hydrogens is 340 g/mol. The molecular formula is C27H44O. The second-order valence-electron chi connectivity index (χ2n) is 12.8. The summed E-state index contributed by atoms with van der Waals surface area (Å²) in [4.78, 5) is 13.1. The first-order valence-electron chi connectivity index (χ1n) is 12.8. The standard InChI is InChI=1S/C27H44O/c1-17(2)8-6-9-18(3)19-11-12-20-24-21(13-15-25(19,20)4)26(5)14-7-10-23(28)27(26)16-22(24)27/h17-22,24H,6-16H2,1-5H3. The zero-order valence-corrected chi connectivity index (χ0v) is 19.2. The van der Waals surface area contributed by atoms with Crippen LogP contribution in [-0.2, 0) is 4.79 Å². The first-order valence-corrected chi connectivity index (χ1v) is 12.8. The molecule has 0 aliphatic heterocycles. The summed E-state index contributed by atoms with van der Waals surface area (Å²) in [7, 11) is 0. The molecule has 28 heavy (non-hydrogen) atoms. The highest BCUT2D eigenvalue weighted by Gasteiger charge is 2.81. The van der Waals surface area contributed by atoms with Crippen LogP contribution in [0.2, 0.25) is 0 Å². The van der Waals surface area contributed by atoms with Gasteiger partial charge in [-0.15, -0.1) is 0 Å². The zero-order chi connectivity index (χ0) is 19.9. The minimum atomic E-state index is 0.146. The third-order valence-corrected chi connectivity index (χ3v) is 11.4. The van der Waals surface area contributed by atoms with E-state index in [-0.39, 0.29) is 5.41 Å². The highest BCUT2D eigenvalue weighted by atomic mass is 16.1. The van der Waals surface area contributed by atoms with Crippen molar-refractivity contribution < 1.29 is 4.79 Å². The van der Waals surface area contributed by atoms with Gasteiger partial charge in [0, 0.05) is 11.8 Å². The van der Waals surface area contributed by atoms with E-state index in [0.29, 0.717) is 16.6 Å². The Balaban J connectivity index is 1.37. The zero-order valence-electron chi connectivity index (χ0n) is 19.2. The van der Waals surface area contributed by atoms with E-state index in [0.717, 1.165) is 47.8 Å². The third-order valence-electron chi connectivity index (χ3n) is 11.4. The fourth-order valence-corrected chi connectivity index (χ4v) is 10.2. The molecule has 9 unspecified atom stereocenters. The summed E-state index contributed by atoms with van der Waals surface area (Å²) in [6, 6.07) is 0. The lowest BCUT2D eigenvalue weighted by molar-refractivity contribution is -0.134. The molecule has 1 spiro atoms. The molecule has 5 aliphatic carbocycles. The van der Waals surface area contributed by atoms with E-state index >= 15 is 0 Å². The van der Waals surface area contributed by atoms with Gasteiger partial charge >= 0.3 is 0 Å². The molecule has 5 rings (SSSR count). The quantitative estimate of drug-likeness (QED) is 0.486. The molecule has 5 fully saturated rings. The molecule has 1 heteroatoms. The first kappa shape index (κ1) is 19.6. The molecule has 1 nitrogen and oxygen atoms in total. The highest BCUT2D eigenvalue weighted by Crippen LogP contribution is 2.84. The number of carbonyl (C=O) groups excluding carboxylic acids is 1. The molecule has 9 atom stereocenters. The summed E-state index contributed by atoms with van der Waals surface area (Å²) in [6.45, 7) is 12.5. The summed E-state index contributed by atoms with van der Waals surface area (Å²) in [5, 5.41) is 0. The van der Waals surface area contributed by atoms with Gasteiger partial charge in [-0.2, -0.15) is 0 Å². The largest absolute Gasteiger partial charge is 0.299 e. The summed E-state index contributed by atoms with van der Waals surface area (Å²) in [6.07, 6.45) is 14.7. The first-order chi connectivity index (χ1) is 13.3. The number of carbonyl (C=O) groups is 1. The maximum Gasteiger partial charge on any atom is 0.139 e. The van der Waals surface area contributed by atoms with E-state index in [9.17, 15) is 4.79 Å². The van der Waals surface area contributed by atoms with Crippen molar-refractivity contribution in [1.82, 2.24) is 0 Å². The number of fused-ring (bicyclic) bond motifs is 5. The van der Waals surface area contributed by atoms with Crippen molar-refractivity contribution >= 4 is 5.78 Å². The SMILES string of the molecule is CC(C)CCCC(C)C1CCC2C3C(CCC12C)C1(C)CCCC(=O)C12CC32. The second-order valence-corrected chi connectivity index (χ2v) is 12.8. The average molecular weight is 385 g/mol. The van der Waals surface area contributed by atoms with E-state index in [4.69, 9.17) is 0 Å². The monoisotopic (exact) mass is 384 g/mol. The third kappa shape index (κ3) is 2.34. The van der Waals surface area contributed by atoms with Crippen molar-refractivity contribution in [2.75, 3.05) is 0 Å². The molecule has 5 saturated carbocycles. The van der Waals surface area contributed by atoms with E-state index in [2.05, 4.69) is 34.6 Å². The highest BCUT2D eigenvalue weighted by molar-refractivity contribution is 5.90. The maximum absolute atomic E-state index is 13.1. The Hall–Kier alpha value is -0.330. The Bertz CT molecular complexity index is 651. The van der Waals surface area contributed by atoms with Gasteiger partial charge in [0.05, 0.1) is 0 Å². The Morgan fingerprint density at radius 2 is 1.75 bits per heavy atom. The maximum atomic E-state index is 13.1. The van der Waals surface area contributed by atoms with Gasteiger partial charge in [-0.3, -0.25) is 4.79 Å². The Morgan fingerprint density at radius 1 is 0.964 bits per heavy atom. The molecule has 0 amide bonds. The van der Waals surface area contributed by atoms with E-state index in [1.54, 1.807) is 0 Å². The molecule has 158 valence electrons. The molecule has 0 aromatic rings. The number of rotatable bonds is 5. The fourth-order valence-electron chi connectivity index (χ4n) is 10.2. The van der Waals surface area contributed by atoms with Gasteiger partial charge in [-0.25, -0.2) is 0 Å². The molecule has 5 aliphatic rings. The van der Waals surface area contributed by atoms with E-state index in [1.807, 2.05) is 0 Å². The van der Waals surface area contributed by atoms with E-state index in [1.165, 1.54) is 64.2 Å². The van der Waals surface area contributed by atoms with Crippen LogP contribution in [0.5, 0.6) is 0 Å². The number of Topliss-reactive ketones (excluding diaryl/α,β-unsaturated/α-hetero) is 1. The van der Waals surface area contributed by atoms with Crippen molar-refractivity contribution in [1.29, 1.82) is 0 Å². The van der Waals surface area contributed by atoms with Crippen LogP contribution in [0.3, 0.4) is 0 Å². The smallest absolute Gasteiger partial charge is 0.139 e. The lowest BCUT2D eigenvalue weighted by atomic mass is 9.51. The van der Waals surface area contributed by atoms with Crippen LogP contribution in [0, 0.1) is 57.7 Å². The molecule has 0 radical (unpaired) electrons. The van der Waals surface area contributed by atoms with E-state index < -0.39 is 0 Å². The van der Waals surface area contributed by atoms with Crippen molar-refractivity contribution in [3.63, 3.8) is 0 Å².